The van der Waals surface area contributed by atoms with E-state index in [1.165, 1.54) is 64.2 Å². The summed E-state index contributed by atoms with van der Waals surface area (Å²) in [5.41, 5.74) is 0.990. The fourth-order valence-electron chi connectivity index (χ4n) is 3.66. The van der Waals surface area contributed by atoms with Crippen LogP contribution in [0.4, 0.5) is 0 Å². The van der Waals surface area contributed by atoms with Crippen molar-refractivity contribution in [3.63, 3.8) is 0 Å². The van der Waals surface area contributed by atoms with Crippen LogP contribution in [0.5, 0.6) is 11.5 Å². The third-order valence-electron chi connectivity index (χ3n) is 6.06. The molecule has 0 amide bonds. The smallest absolute Gasteiger partial charge is 0.159 e. The molecule has 4 heteroatoms. The van der Waals surface area contributed by atoms with E-state index in [-0.39, 0.29) is 0 Å². The first kappa shape index (κ1) is 26.2. The molecule has 1 unspecified atom stereocenters. The lowest BCUT2D eigenvalue weighted by atomic mass is 10.0. The van der Waals surface area contributed by atoms with Gasteiger partial charge in [0.1, 0.15) is 5.75 Å². The van der Waals surface area contributed by atoms with Crippen molar-refractivity contribution < 1.29 is 9.47 Å². The topological polar surface area (TPSA) is 44.2 Å². The first-order valence-corrected chi connectivity index (χ1v) is 12.9. The molecule has 0 saturated heterocycles. The van der Waals surface area contributed by atoms with Crippen LogP contribution in [0, 0.1) is 5.92 Å². The highest BCUT2D eigenvalue weighted by Gasteiger charge is 2.04. The molecule has 2 rings (SSSR count). The second-order valence-electron chi connectivity index (χ2n) is 8.95. The van der Waals surface area contributed by atoms with Crippen LogP contribution in [0.3, 0.4) is 0 Å². The van der Waals surface area contributed by atoms with Gasteiger partial charge in [0.2, 0.25) is 0 Å². The lowest BCUT2D eigenvalue weighted by Crippen LogP contribution is -1.99. The third kappa shape index (κ3) is 11.0. The van der Waals surface area contributed by atoms with Gasteiger partial charge in [-0.3, -0.25) is 0 Å². The van der Waals surface area contributed by atoms with Crippen molar-refractivity contribution in [2.24, 2.45) is 5.92 Å². The molecular weight excluding hydrogens is 396 g/mol. The number of aromatic nitrogens is 2. The molecular formula is C28H44N2O2. The predicted molar refractivity (Wildman–Crippen MR) is 134 cm³/mol. The fraction of sp³-hybridized carbons (Fsp3) is 0.643. The summed E-state index contributed by atoms with van der Waals surface area (Å²) >= 11 is 0. The summed E-state index contributed by atoms with van der Waals surface area (Å²) in [5.74, 6) is 3.21. The van der Waals surface area contributed by atoms with Crippen molar-refractivity contribution in [3.05, 3.63) is 36.7 Å². The van der Waals surface area contributed by atoms with Crippen molar-refractivity contribution in [2.75, 3.05) is 13.2 Å². The average Bonchev–Trinajstić information content (AvgIpc) is 2.83. The average molecular weight is 441 g/mol. The number of unbranched alkanes of at least 4 members (excludes halogenated alkanes) is 8. The van der Waals surface area contributed by atoms with Crippen molar-refractivity contribution in [1.82, 2.24) is 9.97 Å². The second kappa shape index (κ2) is 16.5. The van der Waals surface area contributed by atoms with E-state index < -0.39 is 0 Å². The van der Waals surface area contributed by atoms with E-state index in [0.29, 0.717) is 5.82 Å². The summed E-state index contributed by atoms with van der Waals surface area (Å²) in [6, 6.07) is 8.05. The molecule has 32 heavy (non-hydrogen) atoms. The van der Waals surface area contributed by atoms with E-state index >= 15 is 0 Å². The van der Waals surface area contributed by atoms with Crippen molar-refractivity contribution in [1.29, 1.82) is 0 Å². The Kier molecular flexibility index (Phi) is 13.5. The highest BCUT2D eigenvalue weighted by atomic mass is 16.5. The number of nitrogens with zero attached hydrogens (tertiary/aromatic N) is 2. The molecule has 0 aliphatic heterocycles. The molecule has 0 saturated carbocycles. The minimum Gasteiger partial charge on any atom is -0.494 e. The minimum atomic E-state index is 0.713. The molecule has 0 spiro atoms. The normalized spacial score (nSPS) is 12.0. The Balaban J connectivity index is 1.63. The molecule has 4 nitrogen and oxygen atoms in total. The Morgan fingerprint density at radius 2 is 1.25 bits per heavy atom. The maximum absolute atomic E-state index is 5.88. The molecule has 0 N–H and O–H groups in total. The Labute approximate surface area is 196 Å². The maximum atomic E-state index is 5.88. The number of rotatable bonds is 18. The lowest BCUT2D eigenvalue weighted by Gasteiger charge is -2.09. The molecule has 0 fully saturated rings. The summed E-state index contributed by atoms with van der Waals surface area (Å²) < 4.78 is 11.7. The first-order chi connectivity index (χ1) is 15.7. The van der Waals surface area contributed by atoms with Crippen LogP contribution in [0.1, 0.15) is 97.8 Å². The number of benzene rings is 1. The van der Waals surface area contributed by atoms with Gasteiger partial charge in [-0.2, -0.15) is 0 Å². The molecule has 1 aromatic carbocycles. The Hall–Kier alpha value is -2.10. The quantitative estimate of drug-likeness (QED) is 0.219. The van der Waals surface area contributed by atoms with Gasteiger partial charge in [-0.1, -0.05) is 85.0 Å². The maximum Gasteiger partial charge on any atom is 0.159 e. The van der Waals surface area contributed by atoms with Crippen LogP contribution >= 0.6 is 0 Å². The van der Waals surface area contributed by atoms with Gasteiger partial charge in [0.25, 0.3) is 0 Å². The van der Waals surface area contributed by atoms with Gasteiger partial charge in [-0.25, -0.2) is 9.97 Å². The zero-order valence-corrected chi connectivity index (χ0v) is 20.7. The van der Waals surface area contributed by atoms with Crippen LogP contribution in [-0.4, -0.2) is 23.2 Å². The number of ether oxygens (including phenoxy) is 2. The molecule has 0 aliphatic carbocycles. The van der Waals surface area contributed by atoms with Crippen LogP contribution < -0.4 is 9.47 Å². The van der Waals surface area contributed by atoms with E-state index in [4.69, 9.17) is 9.47 Å². The molecule has 1 atom stereocenters. The third-order valence-corrected chi connectivity index (χ3v) is 6.06. The van der Waals surface area contributed by atoms with E-state index in [1.54, 1.807) is 12.4 Å². The van der Waals surface area contributed by atoms with Gasteiger partial charge in [0.15, 0.2) is 11.6 Å². The van der Waals surface area contributed by atoms with Crippen molar-refractivity contribution >= 4 is 0 Å². The summed E-state index contributed by atoms with van der Waals surface area (Å²) in [6.45, 7) is 8.37. The second-order valence-corrected chi connectivity index (χ2v) is 8.95. The van der Waals surface area contributed by atoms with Gasteiger partial charge >= 0.3 is 0 Å². The predicted octanol–water partition coefficient (Wildman–Crippen LogP) is 8.26. The van der Waals surface area contributed by atoms with Crippen LogP contribution in [0.2, 0.25) is 0 Å². The van der Waals surface area contributed by atoms with Gasteiger partial charge in [0.05, 0.1) is 25.6 Å². The molecule has 2 aromatic rings. The highest BCUT2D eigenvalue weighted by molar-refractivity contribution is 5.56. The van der Waals surface area contributed by atoms with Gasteiger partial charge in [-0.15, -0.1) is 0 Å². The molecule has 1 aromatic heterocycles. The zero-order chi connectivity index (χ0) is 22.9. The van der Waals surface area contributed by atoms with E-state index in [0.717, 1.165) is 49.0 Å². The molecule has 0 bridgehead atoms. The summed E-state index contributed by atoms with van der Waals surface area (Å²) in [5, 5.41) is 0. The SMILES string of the molecule is CCCCCCCCCOc1cnc(-c2ccc(OCCCCCC(C)CC)cc2)nc1. The monoisotopic (exact) mass is 440 g/mol. The van der Waals surface area contributed by atoms with Crippen LogP contribution in [0.15, 0.2) is 36.7 Å². The fourth-order valence-corrected chi connectivity index (χ4v) is 3.66. The molecule has 0 radical (unpaired) electrons. The summed E-state index contributed by atoms with van der Waals surface area (Å²) in [4.78, 5) is 8.94. The first-order valence-electron chi connectivity index (χ1n) is 12.9. The van der Waals surface area contributed by atoms with E-state index in [2.05, 4.69) is 30.7 Å². The lowest BCUT2D eigenvalue weighted by molar-refractivity contribution is 0.302. The largest absolute Gasteiger partial charge is 0.494 e. The Morgan fingerprint density at radius 1 is 0.688 bits per heavy atom. The molecule has 1 heterocycles. The highest BCUT2D eigenvalue weighted by Crippen LogP contribution is 2.21. The van der Waals surface area contributed by atoms with E-state index in [9.17, 15) is 0 Å². The number of hydrogen-bond acceptors (Lipinski definition) is 4. The van der Waals surface area contributed by atoms with Crippen molar-refractivity contribution in [2.45, 2.75) is 97.8 Å². The van der Waals surface area contributed by atoms with Gasteiger partial charge in [0, 0.05) is 5.56 Å². The molecule has 0 aliphatic rings. The van der Waals surface area contributed by atoms with Gasteiger partial charge < -0.3 is 9.47 Å². The minimum absolute atomic E-state index is 0.713. The molecule has 178 valence electrons. The zero-order valence-electron chi connectivity index (χ0n) is 20.7. The van der Waals surface area contributed by atoms with Crippen LogP contribution in [-0.2, 0) is 0 Å². The standard InChI is InChI=1S/C28H44N2O2/c1-4-6-7-8-9-10-13-21-32-27-22-29-28(30-23-27)25-16-18-26(19-17-25)31-20-14-11-12-15-24(3)5-2/h16-19,22-24H,4-15,20-21H2,1-3H3. The van der Waals surface area contributed by atoms with Crippen molar-refractivity contribution in [3.8, 4) is 22.9 Å². The Morgan fingerprint density at radius 3 is 1.88 bits per heavy atom. The summed E-state index contributed by atoms with van der Waals surface area (Å²) in [6.07, 6.45) is 18.8. The number of hydrogen-bond donors (Lipinski definition) is 0. The van der Waals surface area contributed by atoms with Gasteiger partial charge in [-0.05, 0) is 43.0 Å². The summed E-state index contributed by atoms with van der Waals surface area (Å²) in [7, 11) is 0. The van der Waals surface area contributed by atoms with E-state index in [1.807, 2.05) is 24.3 Å². The van der Waals surface area contributed by atoms with Crippen LogP contribution in [0.25, 0.3) is 11.4 Å². The Bertz CT molecular complexity index is 700.